The second kappa shape index (κ2) is 9.50. The number of aliphatic hydroxyl groups excluding tert-OH is 1. The fourth-order valence-electron chi connectivity index (χ4n) is 3.07. The Balaban J connectivity index is 1.66. The number of rotatable bonds is 9. The summed E-state index contributed by atoms with van der Waals surface area (Å²) < 4.78 is 13.2. The van der Waals surface area contributed by atoms with E-state index < -0.39 is 0 Å². The minimum Gasteiger partial charge on any atom is -0.395 e. The maximum absolute atomic E-state index is 13.2. The zero-order valence-corrected chi connectivity index (χ0v) is 17.3. The average Bonchev–Trinajstić information content (AvgIpc) is 2.77. The molecule has 1 heterocycles. The lowest BCUT2D eigenvalue weighted by Gasteiger charge is -2.25. The van der Waals surface area contributed by atoms with Crippen LogP contribution in [0.2, 0.25) is 0 Å². The molecule has 0 saturated heterocycles. The van der Waals surface area contributed by atoms with Gasteiger partial charge in [-0.15, -0.1) is 10.2 Å². The Morgan fingerprint density at radius 1 is 1.07 bits per heavy atom. The summed E-state index contributed by atoms with van der Waals surface area (Å²) >= 11 is 0. The summed E-state index contributed by atoms with van der Waals surface area (Å²) in [6.45, 7) is 9.34. The molecule has 0 amide bonds. The van der Waals surface area contributed by atoms with Gasteiger partial charge in [0.25, 0.3) is 0 Å². The van der Waals surface area contributed by atoms with E-state index in [2.05, 4.69) is 41.3 Å². The Morgan fingerprint density at radius 3 is 2.50 bits per heavy atom. The van der Waals surface area contributed by atoms with Crippen molar-refractivity contribution in [3.05, 3.63) is 84.2 Å². The quantitative estimate of drug-likeness (QED) is 0.496. The maximum Gasteiger partial charge on any atom is 0.148 e. The van der Waals surface area contributed by atoms with E-state index in [4.69, 9.17) is 5.11 Å². The first kappa shape index (κ1) is 21.5. The summed E-state index contributed by atoms with van der Waals surface area (Å²) in [5.41, 5.74) is 4.24. The minimum absolute atomic E-state index is 0.0522. The van der Waals surface area contributed by atoms with E-state index in [1.54, 1.807) is 0 Å². The van der Waals surface area contributed by atoms with Crippen LogP contribution in [0.25, 0.3) is 17.0 Å². The molecule has 1 aromatic heterocycles. The van der Waals surface area contributed by atoms with E-state index in [0.29, 0.717) is 18.9 Å². The van der Waals surface area contributed by atoms with Gasteiger partial charge in [0.05, 0.1) is 12.3 Å². The van der Waals surface area contributed by atoms with Crippen molar-refractivity contribution in [3.8, 4) is 11.3 Å². The van der Waals surface area contributed by atoms with Crippen molar-refractivity contribution in [2.24, 2.45) is 0 Å². The Labute approximate surface area is 176 Å². The predicted molar refractivity (Wildman–Crippen MR) is 120 cm³/mol. The molecule has 0 fully saturated rings. The molecule has 0 bridgehead atoms. The van der Waals surface area contributed by atoms with Gasteiger partial charge in [-0.3, -0.25) is 0 Å². The van der Waals surface area contributed by atoms with Gasteiger partial charge in [0.2, 0.25) is 0 Å². The standard InChI is InChI=1S/C24H27FN4O/c1-17(26-13-14-30)18-5-4-6-19(15-18)22-11-12-23(29-28-22)27-16-24(2,3)20-7-9-21(25)10-8-20/h4-12,15,26,30H,1,13-14,16H2,2-3H3,(H,27,29). The van der Waals surface area contributed by atoms with E-state index in [1.165, 1.54) is 12.1 Å². The summed E-state index contributed by atoms with van der Waals surface area (Å²) in [7, 11) is 0. The lowest BCUT2D eigenvalue weighted by atomic mass is 9.84. The van der Waals surface area contributed by atoms with E-state index in [-0.39, 0.29) is 17.8 Å². The van der Waals surface area contributed by atoms with E-state index in [1.807, 2.05) is 48.5 Å². The summed E-state index contributed by atoms with van der Waals surface area (Å²) in [6, 6.07) is 18.2. The first-order valence-corrected chi connectivity index (χ1v) is 9.87. The molecule has 3 N–H and O–H groups in total. The topological polar surface area (TPSA) is 70.1 Å². The zero-order valence-electron chi connectivity index (χ0n) is 17.3. The van der Waals surface area contributed by atoms with Crippen molar-refractivity contribution < 1.29 is 9.50 Å². The van der Waals surface area contributed by atoms with Crippen LogP contribution in [0.4, 0.5) is 10.2 Å². The SMILES string of the molecule is C=C(NCCO)c1cccc(-c2ccc(NCC(C)(C)c3ccc(F)cc3)nn2)c1. The maximum atomic E-state index is 13.2. The largest absolute Gasteiger partial charge is 0.395 e. The first-order valence-electron chi connectivity index (χ1n) is 9.87. The summed E-state index contributed by atoms with van der Waals surface area (Å²) in [6.07, 6.45) is 0. The number of halogens is 1. The number of anilines is 1. The molecule has 0 spiro atoms. The van der Waals surface area contributed by atoms with E-state index >= 15 is 0 Å². The fraction of sp³-hybridized carbons (Fsp3) is 0.250. The van der Waals surface area contributed by atoms with Crippen molar-refractivity contribution in [1.82, 2.24) is 15.5 Å². The Bertz CT molecular complexity index is 985. The van der Waals surface area contributed by atoms with Crippen molar-refractivity contribution in [2.75, 3.05) is 25.0 Å². The Hall–Kier alpha value is -3.25. The minimum atomic E-state index is -0.235. The fourth-order valence-corrected chi connectivity index (χ4v) is 3.07. The molecule has 0 aliphatic rings. The van der Waals surface area contributed by atoms with Gasteiger partial charge in [-0.2, -0.15) is 0 Å². The summed E-state index contributed by atoms with van der Waals surface area (Å²) in [4.78, 5) is 0. The molecule has 5 nitrogen and oxygen atoms in total. The molecule has 3 rings (SSSR count). The smallest absolute Gasteiger partial charge is 0.148 e. The summed E-state index contributed by atoms with van der Waals surface area (Å²) in [5.74, 6) is 0.444. The van der Waals surface area contributed by atoms with Gasteiger partial charge in [0.15, 0.2) is 0 Å². The summed E-state index contributed by atoms with van der Waals surface area (Å²) in [5, 5.41) is 24.0. The number of aliphatic hydroxyl groups is 1. The number of hydrogen-bond donors (Lipinski definition) is 3. The lowest BCUT2D eigenvalue weighted by molar-refractivity contribution is 0.299. The second-order valence-corrected chi connectivity index (χ2v) is 7.76. The third-order valence-electron chi connectivity index (χ3n) is 4.96. The molecule has 0 aliphatic heterocycles. The van der Waals surface area contributed by atoms with Crippen LogP contribution < -0.4 is 10.6 Å². The molecule has 0 unspecified atom stereocenters. The third kappa shape index (κ3) is 5.42. The number of aromatic nitrogens is 2. The van der Waals surface area contributed by atoms with Gasteiger partial charge >= 0.3 is 0 Å². The van der Waals surface area contributed by atoms with Gasteiger partial charge in [-0.05, 0) is 41.5 Å². The number of benzene rings is 2. The zero-order chi connectivity index (χ0) is 21.6. The van der Waals surface area contributed by atoms with Crippen molar-refractivity contribution in [1.29, 1.82) is 0 Å². The molecule has 2 aromatic carbocycles. The van der Waals surface area contributed by atoms with Crippen molar-refractivity contribution in [2.45, 2.75) is 19.3 Å². The molecule has 0 aliphatic carbocycles. The number of hydrogen-bond acceptors (Lipinski definition) is 5. The third-order valence-corrected chi connectivity index (χ3v) is 4.96. The normalized spacial score (nSPS) is 11.2. The van der Waals surface area contributed by atoms with Crippen LogP contribution in [0, 0.1) is 5.82 Å². The molecule has 0 saturated carbocycles. The lowest BCUT2D eigenvalue weighted by Crippen LogP contribution is -2.28. The predicted octanol–water partition coefficient (Wildman–Crippen LogP) is 4.23. The Kier molecular flexibility index (Phi) is 6.79. The van der Waals surface area contributed by atoms with Crippen LogP contribution in [0.5, 0.6) is 0 Å². The molecule has 156 valence electrons. The van der Waals surface area contributed by atoms with Crippen LogP contribution in [0.3, 0.4) is 0 Å². The van der Waals surface area contributed by atoms with Crippen molar-refractivity contribution in [3.63, 3.8) is 0 Å². The van der Waals surface area contributed by atoms with Crippen LogP contribution in [-0.4, -0.2) is 35.0 Å². The van der Waals surface area contributed by atoms with E-state index in [9.17, 15) is 4.39 Å². The van der Waals surface area contributed by atoms with Crippen molar-refractivity contribution >= 4 is 11.5 Å². The Morgan fingerprint density at radius 2 is 1.83 bits per heavy atom. The van der Waals surface area contributed by atoms with Gasteiger partial charge in [0, 0.05) is 29.8 Å². The van der Waals surface area contributed by atoms with Crippen LogP contribution in [-0.2, 0) is 5.41 Å². The molecule has 0 radical (unpaired) electrons. The van der Waals surface area contributed by atoms with Crippen LogP contribution in [0.15, 0.2) is 67.2 Å². The highest BCUT2D eigenvalue weighted by molar-refractivity contribution is 5.69. The van der Waals surface area contributed by atoms with Crippen LogP contribution >= 0.6 is 0 Å². The van der Waals surface area contributed by atoms with Gasteiger partial charge in [-0.25, -0.2) is 4.39 Å². The molecular weight excluding hydrogens is 379 g/mol. The highest BCUT2D eigenvalue weighted by atomic mass is 19.1. The van der Waals surface area contributed by atoms with Gasteiger partial charge < -0.3 is 15.7 Å². The highest BCUT2D eigenvalue weighted by Gasteiger charge is 2.20. The molecule has 6 heteroatoms. The van der Waals surface area contributed by atoms with Crippen LogP contribution in [0.1, 0.15) is 25.0 Å². The highest BCUT2D eigenvalue weighted by Crippen LogP contribution is 2.25. The van der Waals surface area contributed by atoms with Gasteiger partial charge in [-0.1, -0.05) is 50.8 Å². The molecule has 0 atom stereocenters. The monoisotopic (exact) mass is 406 g/mol. The average molecular weight is 407 g/mol. The number of nitrogens with one attached hydrogen (secondary N) is 2. The second-order valence-electron chi connectivity index (χ2n) is 7.76. The van der Waals surface area contributed by atoms with Gasteiger partial charge in [0.1, 0.15) is 11.6 Å². The number of nitrogens with zero attached hydrogens (tertiary/aromatic N) is 2. The molecule has 3 aromatic rings. The molecular formula is C24H27FN4O. The first-order chi connectivity index (χ1) is 14.4. The van der Waals surface area contributed by atoms with E-state index in [0.717, 1.165) is 28.1 Å². The molecule has 30 heavy (non-hydrogen) atoms.